The second kappa shape index (κ2) is 5.43. The highest BCUT2D eigenvalue weighted by Gasteiger charge is 2.27. The third-order valence-corrected chi connectivity index (χ3v) is 3.29. The van der Waals surface area contributed by atoms with Crippen molar-refractivity contribution in [2.75, 3.05) is 12.9 Å². The lowest BCUT2D eigenvalue weighted by molar-refractivity contribution is -0.00000256. The molecule has 0 radical (unpaired) electrons. The van der Waals surface area contributed by atoms with Crippen LogP contribution in [0.15, 0.2) is 12.0 Å². The molecular formula is C7H13IOS. The molecule has 1 saturated heterocycles. The maximum Gasteiger partial charge on any atom is 0.222 e. The Balaban J connectivity index is 0.000000810. The summed E-state index contributed by atoms with van der Waals surface area (Å²) in [5, 5.41) is 2.00. The van der Waals surface area contributed by atoms with Crippen LogP contribution in [-0.4, -0.2) is 18.3 Å². The van der Waals surface area contributed by atoms with E-state index in [1.165, 1.54) is 12.8 Å². The van der Waals surface area contributed by atoms with E-state index in [4.69, 9.17) is 4.74 Å². The standard InChI is InChI=1S/C7H13OS.HI/c1-3-9(2)7-5-4-6-8-7;/h3,7H,1,4-6H2,2H3;1H/q+1;/p-1. The molecule has 0 aromatic carbocycles. The summed E-state index contributed by atoms with van der Waals surface area (Å²) < 4.78 is 5.45. The van der Waals surface area contributed by atoms with Crippen LogP contribution in [0.3, 0.4) is 0 Å². The zero-order valence-electron chi connectivity index (χ0n) is 6.18. The smallest absolute Gasteiger partial charge is 0.222 e. The summed E-state index contributed by atoms with van der Waals surface area (Å²) in [4.78, 5) is 0. The highest BCUT2D eigenvalue weighted by Crippen LogP contribution is 2.18. The van der Waals surface area contributed by atoms with Crippen LogP contribution in [-0.2, 0) is 15.6 Å². The van der Waals surface area contributed by atoms with Gasteiger partial charge in [-0.2, -0.15) is 0 Å². The van der Waals surface area contributed by atoms with Gasteiger partial charge in [0, 0.05) is 17.3 Å². The van der Waals surface area contributed by atoms with Crippen LogP contribution in [0.5, 0.6) is 0 Å². The Bertz CT molecular complexity index is 102. The van der Waals surface area contributed by atoms with Crippen LogP contribution in [0.1, 0.15) is 12.8 Å². The van der Waals surface area contributed by atoms with Crippen molar-refractivity contribution in [1.82, 2.24) is 0 Å². The third-order valence-electron chi connectivity index (χ3n) is 1.57. The molecule has 10 heavy (non-hydrogen) atoms. The minimum Gasteiger partial charge on any atom is -1.00 e. The molecule has 0 saturated carbocycles. The molecule has 1 fully saturated rings. The lowest BCUT2D eigenvalue weighted by atomic mass is 10.4. The SMILES string of the molecule is C=C[S+](C)C1CCCO1.[I-]. The summed E-state index contributed by atoms with van der Waals surface area (Å²) in [6, 6.07) is 0. The van der Waals surface area contributed by atoms with Crippen LogP contribution in [0.25, 0.3) is 0 Å². The first-order valence-corrected chi connectivity index (χ1v) is 4.98. The molecule has 3 heteroatoms. The zero-order chi connectivity index (χ0) is 6.69. The van der Waals surface area contributed by atoms with E-state index in [-0.39, 0.29) is 34.9 Å². The normalized spacial score (nSPS) is 27.1. The summed E-state index contributed by atoms with van der Waals surface area (Å²) in [7, 11) is 0.289. The van der Waals surface area contributed by atoms with Crippen molar-refractivity contribution in [1.29, 1.82) is 0 Å². The van der Waals surface area contributed by atoms with Gasteiger partial charge in [-0.1, -0.05) is 6.58 Å². The molecule has 2 unspecified atom stereocenters. The van der Waals surface area contributed by atoms with E-state index < -0.39 is 0 Å². The Labute approximate surface area is 82.6 Å². The summed E-state index contributed by atoms with van der Waals surface area (Å²) in [5.74, 6) is 0. The number of ether oxygens (including phenoxy) is 1. The van der Waals surface area contributed by atoms with Crippen LogP contribution >= 0.6 is 0 Å². The highest BCUT2D eigenvalue weighted by atomic mass is 127. The average molecular weight is 272 g/mol. The maximum absolute atomic E-state index is 5.45. The Morgan fingerprint density at radius 2 is 2.40 bits per heavy atom. The van der Waals surface area contributed by atoms with Gasteiger partial charge in [0.15, 0.2) is 0 Å². The van der Waals surface area contributed by atoms with Crippen LogP contribution in [0, 0.1) is 0 Å². The van der Waals surface area contributed by atoms with E-state index in [1.807, 2.05) is 5.41 Å². The fourth-order valence-corrected chi connectivity index (χ4v) is 2.01. The van der Waals surface area contributed by atoms with Crippen molar-refractivity contribution in [2.45, 2.75) is 18.3 Å². The van der Waals surface area contributed by atoms with Gasteiger partial charge in [0.25, 0.3) is 0 Å². The van der Waals surface area contributed by atoms with Gasteiger partial charge in [-0.05, 0) is 6.42 Å². The molecule has 2 atom stereocenters. The van der Waals surface area contributed by atoms with Gasteiger partial charge < -0.3 is 28.7 Å². The number of hydrogen-bond acceptors (Lipinski definition) is 1. The molecule has 1 aliphatic rings. The first-order valence-electron chi connectivity index (χ1n) is 3.22. The van der Waals surface area contributed by atoms with Crippen LogP contribution in [0.2, 0.25) is 0 Å². The molecule has 0 aliphatic carbocycles. The first-order chi connectivity index (χ1) is 4.34. The number of rotatable bonds is 2. The van der Waals surface area contributed by atoms with E-state index >= 15 is 0 Å². The molecule has 0 bridgehead atoms. The second-order valence-electron chi connectivity index (χ2n) is 2.22. The summed E-state index contributed by atoms with van der Waals surface area (Å²) in [6.45, 7) is 4.69. The van der Waals surface area contributed by atoms with Gasteiger partial charge >= 0.3 is 0 Å². The van der Waals surface area contributed by atoms with Gasteiger partial charge in [0.05, 0.1) is 6.61 Å². The zero-order valence-corrected chi connectivity index (χ0v) is 9.15. The fraction of sp³-hybridized carbons (Fsp3) is 0.714. The van der Waals surface area contributed by atoms with Crippen molar-refractivity contribution < 1.29 is 28.7 Å². The van der Waals surface area contributed by atoms with E-state index in [9.17, 15) is 0 Å². The van der Waals surface area contributed by atoms with Crippen molar-refractivity contribution in [3.8, 4) is 0 Å². The molecule has 0 aromatic heterocycles. The molecule has 0 aromatic rings. The van der Waals surface area contributed by atoms with Crippen molar-refractivity contribution in [2.24, 2.45) is 0 Å². The van der Waals surface area contributed by atoms with Crippen LogP contribution < -0.4 is 24.0 Å². The van der Waals surface area contributed by atoms with E-state index in [2.05, 4.69) is 12.8 Å². The average Bonchev–Trinajstić information content (AvgIpc) is 2.37. The van der Waals surface area contributed by atoms with Crippen molar-refractivity contribution >= 4 is 10.9 Å². The monoisotopic (exact) mass is 272 g/mol. The van der Waals surface area contributed by atoms with Gasteiger partial charge in [0.2, 0.25) is 5.44 Å². The largest absolute Gasteiger partial charge is 1.00 e. The summed E-state index contributed by atoms with van der Waals surface area (Å²) in [5.41, 5.74) is 0.488. The topological polar surface area (TPSA) is 9.23 Å². The predicted octanol–water partition coefficient (Wildman–Crippen LogP) is -1.48. The van der Waals surface area contributed by atoms with E-state index in [1.54, 1.807) is 0 Å². The van der Waals surface area contributed by atoms with E-state index in [0.717, 1.165) is 6.61 Å². The van der Waals surface area contributed by atoms with Gasteiger partial charge in [-0.3, -0.25) is 0 Å². The molecule has 60 valence electrons. The highest BCUT2D eigenvalue weighted by molar-refractivity contribution is 7.99. The number of hydrogen-bond donors (Lipinski definition) is 0. The lowest BCUT2D eigenvalue weighted by Gasteiger charge is -2.03. The van der Waals surface area contributed by atoms with Crippen LogP contribution in [0.4, 0.5) is 0 Å². The number of halogens is 1. The minimum absolute atomic E-state index is 0. The molecule has 0 N–H and O–H groups in total. The fourth-order valence-electron chi connectivity index (χ4n) is 0.949. The third kappa shape index (κ3) is 2.80. The summed E-state index contributed by atoms with van der Waals surface area (Å²) >= 11 is 0. The predicted molar refractivity (Wildman–Crippen MR) is 42.5 cm³/mol. The minimum atomic E-state index is 0. The van der Waals surface area contributed by atoms with Gasteiger partial charge in [-0.15, -0.1) is 0 Å². The van der Waals surface area contributed by atoms with Gasteiger partial charge in [-0.25, -0.2) is 0 Å². The molecule has 1 aliphatic heterocycles. The summed E-state index contributed by atoms with van der Waals surface area (Å²) in [6.07, 6.45) is 4.64. The lowest BCUT2D eigenvalue weighted by Crippen LogP contribution is -3.00. The van der Waals surface area contributed by atoms with Crippen molar-refractivity contribution in [3.05, 3.63) is 12.0 Å². The van der Waals surface area contributed by atoms with Crippen molar-refractivity contribution in [3.63, 3.8) is 0 Å². The Kier molecular flexibility index (Phi) is 5.86. The van der Waals surface area contributed by atoms with Gasteiger partial charge in [0.1, 0.15) is 11.7 Å². The Morgan fingerprint density at radius 3 is 2.80 bits per heavy atom. The molecule has 1 heterocycles. The maximum atomic E-state index is 5.45. The van der Waals surface area contributed by atoms with E-state index in [0.29, 0.717) is 5.44 Å². The molecule has 0 spiro atoms. The second-order valence-corrected chi connectivity index (χ2v) is 4.29. The quantitative estimate of drug-likeness (QED) is 0.440. The molecular weight excluding hydrogens is 259 g/mol. The molecule has 1 nitrogen and oxygen atoms in total. The molecule has 1 rings (SSSR count). The molecule has 0 amide bonds. The Hall–Kier alpha value is 0.780. The first kappa shape index (κ1) is 10.8. The Morgan fingerprint density at radius 1 is 1.70 bits per heavy atom.